The van der Waals surface area contributed by atoms with Crippen LogP contribution in [0.2, 0.25) is 0 Å². The van der Waals surface area contributed by atoms with Crippen molar-refractivity contribution in [2.24, 2.45) is 5.92 Å². The fraction of sp³-hybridized carbons (Fsp3) is 0.636. The van der Waals surface area contributed by atoms with E-state index < -0.39 is 0 Å². The van der Waals surface area contributed by atoms with Crippen molar-refractivity contribution in [2.75, 3.05) is 20.7 Å². The maximum atomic E-state index is 11.8. The summed E-state index contributed by atoms with van der Waals surface area (Å²) in [4.78, 5) is 24.6. The number of methoxy groups -OCH3 is 1. The van der Waals surface area contributed by atoms with Gasteiger partial charge in [0, 0.05) is 26.2 Å². The summed E-state index contributed by atoms with van der Waals surface area (Å²) < 4.78 is 6.20. The van der Waals surface area contributed by atoms with Crippen molar-refractivity contribution in [3.05, 3.63) is 12.4 Å². The highest BCUT2D eigenvalue weighted by Crippen LogP contribution is 2.03. The van der Waals surface area contributed by atoms with Gasteiger partial charge in [0.15, 0.2) is 0 Å². The number of aryl methyl sites for hydroxylation is 1. The molecule has 1 amide bonds. The van der Waals surface area contributed by atoms with E-state index in [9.17, 15) is 9.59 Å². The van der Waals surface area contributed by atoms with Gasteiger partial charge in [-0.25, -0.2) is 0 Å². The fourth-order valence-corrected chi connectivity index (χ4v) is 1.54. The van der Waals surface area contributed by atoms with Crippen LogP contribution < -0.4 is 0 Å². The molecule has 1 unspecified atom stereocenters. The second-order valence-electron chi connectivity index (χ2n) is 4.11. The Kier molecular flexibility index (Phi) is 5.29. The van der Waals surface area contributed by atoms with Gasteiger partial charge in [-0.3, -0.25) is 14.3 Å². The number of carbonyl (C=O) groups excluding carboxylic acids is 2. The van der Waals surface area contributed by atoms with Crippen molar-refractivity contribution in [2.45, 2.75) is 19.9 Å². The van der Waals surface area contributed by atoms with Crippen LogP contribution in [0.1, 0.15) is 13.3 Å². The molecule has 1 aromatic heterocycles. The molecule has 1 rings (SSSR count). The Bertz CT molecular complexity index is 391. The molecule has 0 radical (unpaired) electrons. The molecule has 0 aromatic carbocycles. The molecule has 0 N–H and O–H groups in total. The summed E-state index contributed by atoms with van der Waals surface area (Å²) in [6, 6.07) is 0. The van der Waals surface area contributed by atoms with Gasteiger partial charge in [-0.1, -0.05) is 12.1 Å². The summed E-state index contributed by atoms with van der Waals surface area (Å²) in [5.41, 5.74) is 0. The summed E-state index contributed by atoms with van der Waals surface area (Å²) in [6.45, 7) is 2.56. The van der Waals surface area contributed by atoms with Crippen LogP contribution in [0, 0.1) is 5.92 Å². The van der Waals surface area contributed by atoms with Crippen LogP contribution in [0.15, 0.2) is 12.4 Å². The molecule has 1 aromatic rings. The second kappa shape index (κ2) is 6.73. The van der Waals surface area contributed by atoms with Crippen LogP contribution in [-0.2, 0) is 20.9 Å². The summed E-state index contributed by atoms with van der Waals surface area (Å²) >= 11 is 0. The molecular formula is C11H18N4O3. The Morgan fingerprint density at radius 3 is 2.78 bits per heavy atom. The summed E-state index contributed by atoms with van der Waals surface area (Å²) in [6.07, 6.45) is 3.59. The first-order valence-corrected chi connectivity index (χ1v) is 5.70. The van der Waals surface area contributed by atoms with E-state index in [0.29, 0.717) is 19.5 Å². The third kappa shape index (κ3) is 4.15. The van der Waals surface area contributed by atoms with Crippen LogP contribution in [-0.4, -0.2) is 52.5 Å². The highest BCUT2D eigenvalue weighted by Gasteiger charge is 2.18. The molecule has 0 spiro atoms. The van der Waals surface area contributed by atoms with Crippen molar-refractivity contribution >= 4 is 11.9 Å². The molecule has 0 saturated carbocycles. The van der Waals surface area contributed by atoms with E-state index in [-0.39, 0.29) is 17.8 Å². The number of ether oxygens (including phenoxy) is 1. The first kappa shape index (κ1) is 14.1. The SMILES string of the molecule is COC(=O)C(C)CN(C)C(=O)CCn1ccnn1. The highest BCUT2D eigenvalue weighted by molar-refractivity contribution is 5.77. The average molecular weight is 254 g/mol. The van der Waals surface area contributed by atoms with Crippen LogP contribution in [0.4, 0.5) is 0 Å². The molecule has 0 bridgehead atoms. The van der Waals surface area contributed by atoms with Gasteiger partial charge in [0.25, 0.3) is 0 Å². The normalized spacial score (nSPS) is 11.9. The Morgan fingerprint density at radius 2 is 2.22 bits per heavy atom. The number of nitrogens with zero attached hydrogens (tertiary/aromatic N) is 4. The third-order valence-corrected chi connectivity index (χ3v) is 2.60. The van der Waals surface area contributed by atoms with E-state index in [1.165, 1.54) is 12.0 Å². The Balaban J connectivity index is 2.34. The first-order chi connectivity index (χ1) is 8.54. The Hall–Kier alpha value is -1.92. The van der Waals surface area contributed by atoms with Crippen molar-refractivity contribution in [3.8, 4) is 0 Å². The number of aromatic nitrogens is 3. The van der Waals surface area contributed by atoms with E-state index in [4.69, 9.17) is 0 Å². The highest BCUT2D eigenvalue weighted by atomic mass is 16.5. The molecule has 100 valence electrons. The molecule has 0 aliphatic heterocycles. The van der Waals surface area contributed by atoms with Crippen molar-refractivity contribution in [1.82, 2.24) is 19.9 Å². The van der Waals surface area contributed by atoms with E-state index in [1.54, 1.807) is 31.0 Å². The quantitative estimate of drug-likeness (QED) is 0.664. The minimum atomic E-state index is -0.324. The standard InChI is InChI=1S/C11H18N4O3/c1-9(11(17)18-3)8-14(2)10(16)4-6-15-7-5-12-13-15/h5,7,9H,4,6,8H2,1-3H3. The maximum absolute atomic E-state index is 11.8. The first-order valence-electron chi connectivity index (χ1n) is 5.70. The Labute approximate surface area is 106 Å². The van der Waals surface area contributed by atoms with Gasteiger partial charge in [0.1, 0.15) is 0 Å². The number of amides is 1. The molecule has 1 heterocycles. The van der Waals surface area contributed by atoms with Gasteiger partial charge in [0.2, 0.25) is 5.91 Å². The van der Waals surface area contributed by atoms with E-state index in [1.807, 2.05) is 0 Å². The number of esters is 1. The lowest BCUT2D eigenvalue weighted by atomic mass is 10.1. The summed E-state index contributed by atoms with van der Waals surface area (Å²) in [5, 5.41) is 7.43. The molecule has 7 nitrogen and oxygen atoms in total. The van der Waals surface area contributed by atoms with Crippen molar-refractivity contribution in [3.63, 3.8) is 0 Å². The van der Waals surface area contributed by atoms with Crippen molar-refractivity contribution < 1.29 is 14.3 Å². The van der Waals surface area contributed by atoms with Crippen LogP contribution in [0.3, 0.4) is 0 Å². The topological polar surface area (TPSA) is 77.3 Å². The summed E-state index contributed by atoms with van der Waals surface area (Å²) in [7, 11) is 3.01. The molecule has 0 aliphatic carbocycles. The fourth-order valence-electron chi connectivity index (χ4n) is 1.54. The maximum Gasteiger partial charge on any atom is 0.310 e. The minimum absolute atomic E-state index is 0.0405. The zero-order valence-electron chi connectivity index (χ0n) is 10.9. The predicted octanol–water partition coefficient (Wildman–Crippen LogP) is -0.0643. The average Bonchev–Trinajstić information content (AvgIpc) is 2.87. The zero-order valence-corrected chi connectivity index (χ0v) is 10.9. The molecule has 0 aliphatic rings. The number of rotatable bonds is 6. The van der Waals surface area contributed by atoms with Gasteiger partial charge in [-0.15, -0.1) is 5.10 Å². The largest absolute Gasteiger partial charge is 0.469 e. The molecule has 7 heteroatoms. The lowest BCUT2D eigenvalue weighted by Gasteiger charge is -2.20. The number of carbonyl (C=O) groups is 2. The Morgan fingerprint density at radius 1 is 1.50 bits per heavy atom. The van der Waals surface area contributed by atoms with Crippen LogP contribution in [0.5, 0.6) is 0 Å². The number of hydrogen-bond donors (Lipinski definition) is 0. The molecule has 0 fully saturated rings. The molecule has 1 atom stereocenters. The van der Waals surface area contributed by atoms with Gasteiger partial charge in [-0.05, 0) is 0 Å². The van der Waals surface area contributed by atoms with Gasteiger partial charge in [0.05, 0.1) is 25.8 Å². The van der Waals surface area contributed by atoms with Crippen LogP contribution >= 0.6 is 0 Å². The molecular weight excluding hydrogens is 236 g/mol. The predicted molar refractivity (Wildman–Crippen MR) is 63.5 cm³/mol. The number of hydrogen-bond acceptors (Lipinski definition) is 5. The monoisotopic (exact) mass is 254 g/mol. The van der Waals surface area contributed by atoms with E-state index in [2.05, 4.69) is 15.0 Å². The minimum Gasteiger partial charge on any atom is -0.469 e. The van der Waals surface area contributed by atoms with Gasteiger partial charge in [-0.2, -0.15) is 0 Å². The third-order valence-electron chi connectivity index (χ3n) is 2.60. The summed E-state index contributed by atoms with van der Waals surface area (Å²) in [5.74, 6) is -0.678. The van der Waals surface area contributed by atoms with Crippen LogP contribution in [0.25, 0.3) is 0 Å². The molecule has 0 saturated heterocycles. The van der Waals surface area contributed by atoms with Gasteiger partial charge < -0.3 is 9.64 Å². The molecule has 18 heavy (non-hydrogen) atoms. The van der Waals surface area contributed by atoms with Gasteiger partial charge >= 0.3 is 5.97 Å². The van der Waals surface area contributed by atoms with E-state index in [0.717, 1.165) is 0 Å². The van der Waals surface area contributed by atoms with Crippen molar-refractivity contribution in [1.29, 1.82) is 0 Å². The second-order valence-corrected chi connectivity index (χ2v) is 4.11. The lowest BCUT2D eigenvalue weighted by molar-refractivity contribution is -0.146. The lowest BCUT2D eigenvalue weighted by Crippen LogP contribution is -2.34. The zero-order chi connectivity index (χ0) is 13.5. The van der Waals surface area contributed by atoms with E-state index >= 15 is 0 Å². The smallest absolute Gasteiger partial charge is 0.310 e.